The lowest BCUT2D eigenvalue weighted by molar-refractivity contribution is -0.161. The fourth-order valence-corrected chi connectivity index (χ4v) is 8.80. The van der Waals surface area contributed by atoms with Crippen molar-refractivity contribution in [1.29, 1.82) is 0 Å². The number of rotatable bonds is 37. The van der Waals surface area contributed by atoms with E-state index in [0.717, 1.165) is 55.7 Å². The number of phosphoric acid groups is 2. The molecular formula is C46H77N3O16P2. The fraction of sp³-hybridized carbons (Fsp3) is 0.696. The van der Waals surface area contributed by atoms with Gasteiger partial charge in [-0.05, 0) is 56.9 Å². The largest absolute Gasteiger partial charge is 0.481 e. The smallest absolute Gasteiger partial charge is 0.462 e. The van der Waals surface area contributed by atoms with Crippen LogP contribution in [0.15, 0.2) is 65.7 Å². The standard InChI is InChI=1S/C46H77N3O16P2/c1-4-5-6-7-11-17-22-27-37(50)28-23-18-13-10-15-19-24-29-41(51)60-33-38(63-42(52)30-25-20-14-9-8-12-16-21-26-36(2)3)34-61-66(56,57)65-67(58,59)62-35-39-43(53)44(54)45(64-39)49-32-31-40(47)48-46(49)55/h10-11,15,17-18,22-23,27,31-32,36-39,43-45,50,53-54H,4-9,12-14,16,19-21,24-26,28-30,33-35H2,1-3H3,(H,56,57)(H,58,59)(H2,47,48,55)/b15-10+,17-11-,23-18-,27-22-/t37-,38-,39-,43-,44-,45-/m1/s1. The summed E-state index contributed by atoms with van der Waals surface area (Å²) in [6, 6.07) is 1.24. The second kappa shape index (κ2) is 34.1. The summed E-state index contributed by atoms with van der Waals surface area (Å²) in [4.78, 5) is 61.7. The van der Waals surface area contributed by atoms with E-state index in [-0.39, 0.29) is 18.7 Å². The molecule has 1 aromatic rings. The number of esters is 2. The fourth-order valence-electron chi connectivity index (χ4n) is 6.69. The van der Waals surface area contributed by atoms with Crippen molar-refractivity contribution in [3.8, 4) is 0 Å². The number of phosphoric ester groups is 2. The predicted molar refractivity (Wildman–Crippen MR) is 253 cm³/mol. The maximum absolute atomic E-state index is 12.8. The quantitative estimate of drug-likeness (QED) is 0.0122. The third-order valence-corrected chi connectivity index (χ3v) is 13.0. The number of allylic oxidation sites excluding steroid dienone is 6. The highest BCUT2D eigenvalue weighted by atomic mass is 31.3. The van der Waals surface area contributed by atoms with E-state index in [1.807, 2.05) is 36.5 Å². The molecule has 0 saturated carbocycles. The number of carbonyl (C=O) groups is 2. The Morgan fingerprint density at radius 2 is 1.49 bits per heavy atom. The van der Waals surface area contributed by atoms with Crippen LogP contribution in [0.4, 0.5) is 5.82 Å². The second-order valence-corrected chi connectivity index (χ2v) is 20.0. The Morgan fingerprint density at radius 3 is 2.19 bits per heavy atom. The lowest BCUT2D eigenvalue weighted by Gasteiger charge is -2.21. The van der Waals surface area contributed by atoms with Crippen molar-refractivity contribution < 1.29 is 71.4 Å². The first-order valence-corrected chi connectivity index (χ1v) is 26.6. The van der Waals surface area contributed by atoms with Gasteiger partial charge in [-0.1, -0.05) is 134 Å². The van der Waals surface area contributed by atoms with E-state index < -0.39 is 89.8 Å². The van der Waals surface area contributed by atoms with Gasteiger partial charge in [0.05, 0.1) is 19.3 Å². The Bertz CT molecular complexity index is 1840. The van der Waals surface area contributed by atoms with Gasteiger partial charge in [0.15, 0.2) is 12.3 Å². The molecule has 7 N–H and O–H groups in total. The summed E-state index contributed by atoms with van der Waals surface area (Å²) in [5.41, 5.74) is 4.57. The van der Waals surface area contributed by atoms with Gasteiger partial charge in [-0.15, -0.1) is 0 Å². The van der Waals surface area contributed by atoms with E-state index >= 15 is 0 Å². The summed E-state index contributed by atoms with van der Waals surface area (Å²) in [6.45, 7) is 4.20. The zero-order valence-corrected chi connectivity index (χ0v) is 41.3. The van der Waals surface area contributed by atoms with Crippen molar-refractivity contribution in [3.63, 3.8) is 0 Å². The minimum absolute atomic E-state index is 0.0163. The number of carbonyl (C=O) groups excluding carboxylic acids is 2. The zero-order chi connectivity index (χ0) is 49.5. The van der Waals surface area contributed by atoms with Crippen LogP contribution in [0.25, 0.3) is 0 Å². The average molecular weight is 990 g/mol. The van der Waals surface area contributed by atoms with Crippen LogP contribution in [-0.2, 0) is 46.3 Å². The highest BCUT2D eigenvalue weighted by Crippen LogP contribution is 2.60. The number of unbranched alkanes of at least 4 members (excludes halogenated alkanes) is 11. The molecule has 0 bridgehead atoms. The van der Waals surface area contributed by atoms with Crippen LogP contribution in [0.3, 0.4) is 0 Å². The monoisotopic (exact) mass is 989 g/mol. The van der Waals surface area contributed by atoms with E-state index in [1.165, 1.54) is 38.2 Å². The van der Waals surface area contributed by atoms with Gasteiger partial charge in [0.25, 0.3) is 0 Å². The number of nitrogen functional groups attached to an aromatic ring is 1. The number of aliphatic hydroxyl groups is 3. The predicted octanol–water partition coefficient (Wildman–Crippen LogP) is 7.82. The lowest BCUT2D eigenvalue weighted by atomic mass is 10.0. The number of aliphatic hydroxyl groups excluding tert-OH is 3. The molecule has 2 heterocycles. The van der Waals surface area contributed by atoms with Crippen molar-refractivity contribution in [2.24, 2.45) is 5.92 Å². The van der Waals surface area contributed by atoms with Gasteiger partial charge in [0.1, 0.15) is 30.7 Å². The topological polar surface area (TPSA) is 286 Å². The SMILES string of the molecule is CCCCC/C=C\C=C/[C@@H](O)C/C=C\C/C=C/CCCC(=O)OC[C@H](COP(=O)(O)OP(=O)(O)OC[C@H]1O[C@@H](n2ccc(N)nc2=O)[C@H](O)[C@@H]1O)OC(=O)CCCCCCCCCCC(C)C. The average Bonchev–Trinajstić information content (AvgIpc) is 3.54. The van der Waals surface area contributed by atoms with Crippen molar-refractivity contribution in [3.05, 3.63) is 71.4 Å². The molecule has 1 aliphatic heterocycles. The maximum atomic E-state index is 12.8. The number of aromatic nitrogens is 2. The molecule has 382 valence electrons. The summed E-state index contributed by atoms with van der Waals surface area (Å²) in [5.74, 6) is -0.714. The molecule has 1 aliphatic rings. The van der Waals surface area contributed by atoms with E-state index in [1.54, 1.807) is 6.08 Å². The van der Waals surface area contributed by atoms with Gasteiger partial charge < -0.3 is 45.1 Å². The van der Waals surface area contributed by atoms with E-state index in [9.17, 15) is 48.6 Å². The van der Waals surface area contributed by atoms with Gasteiger partial charge in [-0.25, -0.2) is 13.9 Å². The number of anilines is 1. The number of hydrogen-bond donors (Lipinski definition) is 6. The maximum Gasteiger partial charge on any atom is 0.481 e. The minimum Gasteiger partial charge on any atom is -0.462 e. The first kappa shape index (κ1) is 59.8. The summed E-state index contributed by atoms with van der Waals surface area (Å²) in [5, 5.41) is 31.0. The van der Waals surface area contributed by atoms with Crippen molar-refractivity contribution in [1.82, 2.24) is 9.55 Å². The van der Waals surface area contributed by atoms with Crippen LogP contribution in [0.5, 0.6) is 0 Å². The summed E-state index contributed by atoms with van der Waals surface area (Å²) in [7, 11) is -10.9. The Balaban J connectivity index is 1.86. The van der Waals surface area contributed by atoms with Crippen LogP contribution in [-0.4, -0.2) is 96.9 Å². The summed E-state index contributed by atoms with van der Waals surface area (Å²) >= 11 is 0. The lowest BCUT2D eigenvalue weighted by Crippen LogP contribution is -2.36. The van der Waals surface area contributed by atoms with Crippen molar-refractivity contribution >= 4 is 33.4 Å². The zero-order valence-electron chi connectivity index (χ0n) is 39.5. The molecule has 0 aromatic carbocycles. The van der Waals surface area contributed by atoms with Crippen LogP contribution in [0.2, 0.25) is 0 Å². The molecular weight excluding hydrogens is 912 g/mol. The van der Waals surface area contributed by atoms with Gasteiger partial charge in [-0.3, -0.25) is 23.2 Å². The number of nitrogens with two attached hydrogens (primary N) is 1. The summed E-state index contributed by atoms with van der Waals surface area (Å²) < 4.78 is 56.5. The van der Waals surface area contributed by atoms with E-state index in [0.29, 0.717) is 38.0 Å². The van der Waals surface area contributed by atoms with Gasteiger partial charge in [-0.2, -0.15) is 9.29 Å². The number of hydrogen-bond acceptors (Lipinski definition) is 16. The molecule has 0 amide bonds. The Hall–Kier alpha value is -3.32. The van der Waals surface area contributed by atoms with Crippen LogP contribution < -0.4 is 11.4 Å². The molecule has 0 spiro atoms. The normalized spacial score (nSPS) is 20.6. The van der Waals surface area contributed by atoms with Gasteiger partial charge in [0.2, 0.25) is 0 Å². The van der Waals surface area contributed by atoms with Gasteiger partial charge in [0, 0.05) is 19.0 Å². The highest BCUT2D eigenvalue weighted by Gasteiger charge is 2.46. The van der Waals surface area contributed by atoms with Crippen LogP contribution in [0.1, 0.15) is 149 Å². The Labute approximate surface area is 395 Å². The highest BCUT2D eigenvalue weighted by molar-refractivity contribution is 7.61. The third kappa shape index (κ3) is 28.1. The molecule has 1 aromatic heterocycles. The molecule has 0 radical (unpaired) electrons. The first-order chi connectivity index (χ1) is 31.9. The molecule has 21 heteroatoms. The molecule has 8 atom stereocenters. The molecule has 19 nitrogen and oxygen atoms in total. The van der Waals surface area contributed by atoms with E-state index in [2.05, 4.69) is 36.1 Å². The minimum atomic E-state index is -5.44. The number of ether oxygens (including phenoxy) is 3. The first-order valence-electron chi connectivity index (χ1n) is 23.6. The molecule has 0 aliphatic carbocycles. The van der Waals surface area contributed by atoms with Crippen molar-refractivity contribution in [2.45, 2.75) is 180 Å². The van der Waals surface area contributed by atoms with Crippen LogP contribution in [0, 0.1) is 5.92 Å². The third-order valence-electron chi connectivity index (χ3n) is 10.4. The number of nitrogens with zero attached hydrogens (tertiary/aromatic N) is 2. The molecule has 2 rings (SSSR count). The summed E-state index contributed by atoms with van der Waals surface area (Å²) in [6.07, 6.45) is 24.1. The Morgan fingerprint density at radius 1 is 0.836 bits per heavy atom. The second-order valence-electron chi connectivity index (χ2n) is 16.9. The van der Waals surface area contributed by atoms with E-state index in [4.69, 9.17) is 29.0 Å². The molecule has 1 fully saturated rings. The van der Waals surface area contributed by atoms with Crippen molar-refractivity contribution in [2.75, 3.05) is 25.6 Å². The molecule has 67 heavy (non-hydrogen) atoms. The molecule has 1 saturated heterocycles. The molecule has 2 unspecified atom stereocenters. The Kier molecular flexibility index (Phi) is 30.4. The van der Waals surface area contributed by atoms with Gasteiger partial charge >= 0.3 is 33.3 Å². The van der Waals surface area contributed by atoms with Crippen LogP contribution >= 0.6 is 15.6 Å².